The van der Waals surface area contributed by atoms with Gasteiger partial charge in [-0.25, -0.2) is 4.68 Å². The molecule has 0 aliphatic heterocycles. The van der Waals surface area contributed by atoms with Crippen molar-refractivity contribution < 1.29 is 0 Å². The summed E-state index contributed by atoms with van der Waals surface area (Å²) in [5, 5.41) is 8.60. The normalized spacial score (nSPS) is 10.8. The Labute approximate surface area is 141 Å². The van der Waals surface area contributed by atoms with Crippen molar-refractivity contribution in [2.24, 2.45) is 0 Å². The Morgan fingerprint density at radius 2 is 1.92 bits per heavy atom. The number of aryl methyl sites for hydroxylation is 3. The van der Waals surface area contributed by atoms with Crippen LogP contribution in [0.4, 0.5) is 5.69 Å². The van der Waals surface area contributed by atoms with Gasteiger partial charge in [0.05, 0.1) is 30.7 Å². The molecule has 2 aromatic heterocycles. The number of rotatable bonds is 6. The molecular formula is C18H21N5O. The molecule has 0 amide bonds. The minimum absolute atomic E-state index is 0.101. The van der Waals surface area contributed by atoms with Gasteiger partial charge in [0, 0.05) is 25.9 Å². The number of aromatic nitrogens is 4. The standard InChI is InChI=1S/C18H21N5O/c1-15-8-9-22(20-15)10-11-23-18(24)12-17(13-19-23)21(2)14-16-6-4-3-5-7-16/h3-9,12-13H,10-11,14H2,1-2H3. The summed E-state index contributed by atoms with van der Waals surface area (Å²) in [6.45, 7) is 3.80. The van der Waals surface area contributed by atoms with E-state index in [1.165, 1.54) is 10.2 Å². The van der Waals surface area contributed by atoms with Crippen LogP contribution in [0.25, 0.3) is 0 Å². The topological polar surface area (TPSA) is 56.0 Å². The van der Waals surface area contributed by atoms with Gasteiger partial charge in [-0.3, -0.25) is 9.48 Å². The molecule has 0 saturated carbocycles. The van der Waals surface area contributed by atoms with Gasteiger partial charge in [-0.15, -0.1) is 0 Å². The van der Waals surface area contributed by atoms with Crippen LogP contribution in [0.1, 0.15) is 11.3 Å². The Morgan fingerprint density at radius 3 is 2.58 bits per heavy atom. The molecule has 0 radical (unpaired) electrons. The second-order valence-corrected chi connectivity index (χ2v) is 5.84. The van der Waals surface area contributed by atoms with E-state index >= 15 is 0 Å². The highest BCUT2D eigenvalue weighted by Gasteiger charge is 2.06. The molecule has 2 heterocycles. The van der Waals surface area contributed by atoms with Gasteiger partial charge in [-0.05, 0) is 18.6 Å². The van der Waals surface area contributed by atoms with Crippen LogP contribution in [-0.4, -0.2) is 26.6 Å². The lowest BCUT2D eigenvalue weighted by atomic mass is 10.2. The molecule has 0 fully saturated rings. The summed E-state index contributed by atoms with van der Waals surface area (Å²) in [7, 11) is 1.96. The van der Waals surface area contributed by atoms with Crippen molar-refractivity contribution in [3.8, 4) is 0 Å². The van der Waals surface area contributed by atoms with Gasteiger partial charge in [0.2, 0.25) is 0 Å². The Hall–Kier alpha value is -2.89. The van der Waals surface area contributed by atoms with Gasteiger partial charge in [-0.2, -0.15) is 10.2 Å². The predicted molar refractivity (Wildman–Crippen MR) is 94.0 cm³/mol. The minimum Gasteiger partial charge on any atom is -0.369 e. The number of anilines is 1. The number of nitrogens with zero attached hydrogens (tertiary/aromatic N) is 5. The van der Waals surface area contributed by atoms with Crippen molar-refractivity contribution in [3.05, 3.63) is 76.5 Å². The largest absolute Gasteiger partial charge is 0.369 e. The third-order valence-corrected chi connectivity index (χ3v) is 3.87. The van der Waals surface area contributed by atoms with Crippen LogP contribution in [0.5, 0.6) is 0 Å². The van der Waals surface area contributed by atoms with Gasteiger partial charge in [0.15, 0.2) is 0 Å². The number of hydrogen-bond acceptors (Lipinski definition) is 4. The molecule has 6 heteroatoms. The zero-order chi connectivity index (χ0) is 16.9. The third kappa shape index (κ3) is 3.90. The number of hydrogen-bond donors (Lipinski definition) is 0. The van der Waals surface area contributed by atoms with E-state index in [1.807, 2.05) is 54.0 Å². The smallest absolute Gasteiger partial charge is 0.268 e. The quantitative estimate of drug-likeness (QED) is 0.697. The molecule has 0 saturated heterocycles. The Kier molecular flexibility index (Phi) is 4.74. The summed E-state index contributed by atoms with van der Waals surface area (Å²) in [6.07, 6.45) is 3.64. The van der Waals surface area contributed by atoms with E-state index < -0.39 is 0 Å². The fourth-order valence-corrected chi connectivity index (χ4v) is 2.53. The summed E-state index contributed by atoms with van der Waals surface area (Å²) >= 11 is 0. The first-order chi connectivity index (χ1) is 11.6. The summed E-state index contributed by atoms with van der Waals surface area (Å²) in [4.78, 5) is 14.3. The molecule has 0 N–H and O–H groups in total. The molecule has 3 rings (SSSR count). The molecule has 24 heavy (non-hydrogen) atoms. The molecule has 6 nitrogen and oxygen atoms in total. The van der Waals surface area contributed by atoms with Crippen LogP contribution in [0.15, 0.2) is 59.7 Å². The van der Waals surface area contributed by atoms with Gasteiger partial charge in [-0.1, -0.05) is 30.3 Å². The van der Waals surface area contributed by atoms with E-state index in [-0.39, 0.29) is 5.56 Å². The molecule has 124 valence electrons. The molecule has 0 atom stereocenters. The van der Waals surface area contributed by atoms with Crippen LogP contribution in [-0.2, 0) is 19.6 Å². The van der Waals surface area contributed by atoms with Crippen molar-refractivity contribution in [1.29, 1.82) is 0 Å². The highest BCUT2D eigenvalue weighted by molar-refractivity contribution is 5.42. The molecule has 0 unspecified atom stereocenters. The van der Waals surface area contributed by atoms with Gasteiger partial charge in [0.1, 0.15) is 0 Å². The van der Waals surface area contributed by atoms with Crippen molar-refractivity contribution >= 4 is 5.69 Å². The van der Waals surface area contributed by atoms with Gasteiger partial charge in [0.25, 0.3) is 5.56 Å². The van der Waals surface area contributed by atoms with E-state index in [1.54, 1.807) is 12.3 Å². The summed E-state index contributed by atoms with van der Waals surface area (Å²) in [5.74, 6) is 0. The lowest BCUT2D eigenvalue weighted by Crippen LogP contribution is -2.27. The monoisotopic (exact) mass is 323 g/mol. The van der Waals surface area contributed by atoms with E-state index in [0.29, 0.717) is 13.1 Å². The predicted octanol–water partition coefficient (Wildman–Crippen LogP) is 2.08. The van der Waals surface area contributed by atoms with Crippen LogP contribution in [0.3, 0.4) is 0 Å². The average molecular weight is 323 g/mol. The Morgan fingerprint density at radius 1 is 1.12 bits per heavy atom. The Bertz CT molecular complexity index is 853. The van der Waals surface area contributed by atoms with E-state index in [9.17, 15) is 4.79 Å². The molecule has 0 aliphatic rings. The second kappa shape index (κ2) is 7.12. The summed E-state index contributed by atoms with van der Waals surface area (Å²) < 4.78 is 3.29. The first-order valence-corrected chi connectivity index (χ1v) is 7.94. The molecule has 0 aliphatic carbocycles. The third-order valence-electron chi connectivity index (χ3n) is 3.87. The Balaban J connectivity index is 1.66. The van der Waals surface area contributed by atoms with Crippen LogP contribution in [0.2, 0.25) is 0 Å². The molecule has 0 bridgehead atoms. The highest BCUT2D eigenvalue weighted by Crippen LogP contribution is 2.11. The van der Waals surface area contributed by atoms with Crippen LogP contribution >= 0.6 is 0 Å². The minimum atomic E-state index is -0.101. The lowest BCUT2D eigenvalue weighted by molar-refractivity contribution is 0.481. The van der Waals surface area contributed by atoms with Gasteiger partial charge >= 0.3 is 0 Å². The van der Waals surface area contributed by atoms with Crippen molar-refractivity contribution in [2.45, 2.75) is 26.6 Å². The zero-order valence-corrected chi connectivity index (χ0v) is 14.0. The molecule has 1 aromatic carbocycles. The lowest BCUT2D eigenvalue weighted by Gasteiger charge is -2.19. The fourth-order valence-electron chi connectivity index (χ4n) is 2.53. The number of benzene rings is 1. The molecule has 3 aromatic rings. The van der Waals surface area contributed by atoms with Crippen molar-refractivity contribution in [3.63, 3.8) is 0 Å². The summed E-state index contributed by atoms with van der Waals surface area (Å²) in [5.41, 5.74) is 2.87. The average Bonchev–Trinajstić information content (AvgIpc) is 3.00. The first-order valence-electron chi connectivity index (χ1n) is 7.94. The first kappa shape index (κ1) is 16.0. The van der Waals surface area contributed by atoms with Crippen molar-refractivity contribution in [1.82, 2.24) is 19.6 Å². The zero-order valence-electron chi connectivity index (χ0n) is 14.0. The maximum atomic E-state index is 12.3. The summed E-state index contributed by atoms with van der Waals surface area (Å²) in [6, 6.07) is 13.7. The van der Waals surface area contributed by atoms with Crippen LogP contribution < -0.4 is 10.5 Å². The molecule has 0 spiro atoms. The molecular weight excluding hydrogens is 302 g/mol. The maximum Gasteiger partial charge on any atom is 0.268 e. The van der Waals surface area contributed by atoms with E-state index in [0.717, 1.165) is 17.9 Å². The van der Waals surface area contributed by atoms with E-state index in [2.05, 4.69) is 22.3 Å². The fraction of sp³-hybridized carbons (Fsp3) is 0.278. The highest BCUT2D eigenvalue weighted by atomic mass is 16.1. The van der Waals surface area contributed by atoms with Crippen molar-refractivity contribution in [2.75, 3.05) is 11.9 Å². The second-order valence-electron chi connectivity index (χ2n) is 5.84. The van der Waals surface area contributed by atoms with E-state index in [4.69, 9.17) is 0 Å². The maximum absolute atomic E-state index is 12.3. The SMILES string of the molecule is Cc1ccn(CCn2ncc(N(C)Cc3ccccc3)cc2=O)n1. The van der Waals surface area contributed by atoms with Crippen LogP contribution in [0, 0.1) is 6.92 Å². The van der Waals surface area contributed by atoms with Gasteiger partial charge < -0.3 is 4.90 Å².